The lowest BCUT2D eigenvalue weighted by atomic mass is 9.80. The topological polar surface area (TPSA) is 80.3 Å². The molecule has 3 atom stereocenters. The third-order valence-corrected chi connectivity index (χ3v) is 7.32. The highest BCUT2D eigenvalue weighted by atomic mass is 16.5. The maximum Gasteiger partial charge on any atom is 0.260 e. The predicted octanol–water partition coefficient (Wildman–Crippen LogP) is 1.79. The monoisotopic (exact) mass is 416 g/mol. The van der Waals surface area contributed by atoms with Crippen molar-refractivity contribution in [2.75, 3.05) is 33.0 Å². The summed E-state index contributed by atoms with van der Waals surface area (Å²) in [5, 5.41) is 13.6. The van der Waals surface area contributed by atoms with Gasteiger partial charge in [0.15, 0.2) is 6.61 Å². The van der Waals surface area contributed by atoms with Crippen LogP contribution in [0.5, 0.6) is 5.75 Å². The zero-order valence-electron chi connectivity index (χ0n) is 17.4. The van der Waals surface area contributed by atoms with Crippen LogP contribution in [-0.2, 0) is 14.3 Å². The van der Waals surface area contributed by atoms with Crippen molar-refractivity contribution in [2.45, 2.75) is 68.4 Å². The first-order chi connectivity index (χ1) is 14.6. The Morgan fingerprint density at radius 3 is 2.80 bits per heavy atom. The molecule has 2 N–H and O–H groups in total. The van der Waals surface area contributed by atoms with Gasteiger partial charge in [0.25, 0.3) is 5.91 Å². The Hall–Kier alpha value is -1.67. The molecule has 2 bridgehead atoms. The molecular weight excluding hydrogens is 384 g/mol. The van der Waals surface area contributed by atoms with Crippen LogP contribution in [0.15, 0.2) is 24.3 Å². The first-order valence-electron chi connectivity index (χ1n) is 11.3. The Labute approximate surface area is 177 Å². The number of hydrogen-bond acceptors (Lipinski definition) is 6. The first-order valence-corrected chi connectivity index (χ1v) is 11.3. The standard InChI is InChI=1S/C23H32N2O5/c26-21-13-28-15-23(24-21)10-3-11-25-20(23)12-29-17-8-6-16(7-9-17)18-4-1-2-5-19(18)30-14-22(25)27/h1-2,4-5,16-17,20-21,24,26H,3,6-15H2/t16-,17+,20-,21?,23+/m1/s1. The number of benzene rings is 1. The zero-order chi connectivity index (χ0) is 20.6. The normalized spacial score (nSPS) is 37.4. The number of piperidine rings is 1. The van der Waals surface area contributed by atoms with E-state index in [1.165, 1.54) is 5.56 Å². The number of para-hydroxylation sites is 1. The SMILES string of the molecule is O=C1COc2ccccc2[C@H]2CC[C@H](CC2)OC[C@H]2N1CCC[C@]21COCC(O)N1. The van der Waals surface area contributed by atoms with Crippen LogP contribution in [0.2, 0.25) is 0 Å². The molecule has 7 heteroatoms. The summed E-state index contributed by atoms with van der Waals surface area (Å²) < 4.78 is 18.2. The van der Waals surface area contributed by atoms with Crippen molar-refractivity contribution in [2.24, 2.45) is 0 Å². The molecule has 1 aromatic rings. The molecular formula is C23H32N2O5. The number of nitrogens with one attached hydrogen (secondary N) is 1. The van der Waals surface area contributed by atoms with E-state index in [0.29, 0.717) is 25.7 Å². The molecule has 1 aliphatic carbocycles. The molecule has 2 saturated heterocycles. The fourth-order valence-corrected chi connectivity index (χ4v) is 5.78. The fraction of sp³-hybridized carbons (Fsp3) is 0.696. The number of nitrogens with zero attached hydrogens (tertiary/aromatic N) is 1. The fourth-order valence-electron chi connectivity index (χ4n) is 5.78. The Morgan fingerprint density at radius 2 is 1.97 bits per heavy atom. The number of fused-ring (bicyclic) bond motifs is 5. The van der Waals surface area contributed by atoms with Gasteiger partial charge < -0.3 is 24.2 Å². The highest BCUT2D eigenvalue weighted by molar-refractivity contribution is 5.78. The number of amides is 1. The van der Waals surface area contributed by atoms with E-state index in [0.717, 1.165) is 44.3 Å². The smallest absolute Gasteiger partial charge is 0.260 e. The van der Waals surface area contributed by atoms with Gasteiger partial charge in [0.05, 0.1) is 37.5 Å². The zero-order valence-corrected chi connectivity index (χ0v) is 17.4. The van der Waals surface area contributed by atoms with Gasteiger partial charge in [-0.3, -0.25) is 10.1 Å². The highest BCUT2D eigenvalue weighted by Crippen LogP contribution is 2.39. The Bertz CT molecular complexity index is 762. The van der Waals surface area contributed by atoms with Crippen LogP contribution in [0.25, 0.3) is 0 Å². The lowest BCUT2D eigenvalue weighted by Crippen LogP contribution is -2.73. The number of rotatable bonds is 0. The lowest BCUT2D eigenvalue weighted by molar-refractivity contribution is -0.158. The van der Waals surface area contributed by atoms with E-state index in [9.17, 15) is 9.90 Å². The van der Waals surface area contributed by atoms with Crippen molar-refractivity contribution < 1.29 is 24.1 Å². The molecule has 164 valence electrons. The van der Waals surface area contributed by atoms with Crippen LogP contribution in [0, 0.1) is 0 Å². The van der Waals surface area contributed by atoms with Crippen LogP contribution in [-0.4, -0.2) is 72.8 Å². The van der Waals surface area contributed by atoms with Gasteiger partial charge in [-0.05, 0) is 56.1 Å². The quantitative estimate of drug-likeness (QED) is 0.671. The highest BCUT2D eigenvalue weighted by Gasteiger charge is 2.49. The Morgan fingerprint density at radius 1 is 1.13 bits per heavy atom. The second kappa shape index (κ2) is 8.46. The van der Waals surface area contributed by atoms with Gasteiger partial charge >= 0.3 is 0 Å². The number of carbonyl (C=O) groups excluding carboxylic acids is 1. The van der Waals surface area contributed by atoms with E-state index < -0.39 is 11.8 Å². The van der Waals surface area contributed by atoms with Gasteiger partial charge in [-0.25, -0.2) is 0 Å². The summed E-state index contributed by atoms with van der Waals surface area (Å²) in [5.41, 5.74) is 0.723. The summed E-state index contributed by atoms with van der Waals surface area (Å²) in [6.07, 6.45) is 5.35. The maximum atomic E-state index is 13.3. The number of hydrogen-bond donors (Lipinski definition) is 2. The Balaban J connectivity index is 1.45. The molecule has 0 aromatic heterocycles. The lowest BCUT2D eigenvalue weighted by Gasteiger charge is -2.52. The molecule has 7 nitrogen and oxygen atoms in total. The molecule has 6 rings (SSSR count). The van der Waals surface area contributed by atoms with Gasteiger partial charge in [0, 0.05) is 6.54 Å². The summed E-state index contributed by atoms with van der Waals surface area (Å²) in [6.45, 7) is 1.89. The van der Waals surface area contributed by atoms with Crippen LogP contribution >= 0.6 is 0 Å². The summed E-state index contributed by atoms with van der Waals surface area (Å²) >= 11 is 0. The van der Waals surface area contributed by atoms with Crippen LogP contribution in [0.4, 0.5) is 0 Å². The van der Waals surface area contributed by atoms with Crippen LogP contribution in [0.1, 0.15) is 50.0 Å². The van der Waals surface area contributed by atoms with Gasteiger partial charge in [-0.1, -0.05) is 18.2 Å². The minimum absolute atomic E-state index is 0.0170. The van der Waals surface area contributed by atoms with Crippen molar-refractivity contribution in [3.8, 4) is 5.75 Å². The average molecular weight is 417 g/mol. The van der Waals surface area contributed by atoms with Gasteiger partial charge in [-0.2, -0.15) is 0 Å². The first kappa shape index (κ1) is 20.2. The van der Waals surface area contributed by atoms with Crippen molar-refractivity contribution >= 4 is 5.91 Å². The average Bonchev–Trinajstić information content (AvgIpc) is 2.78. The largest absolute Gasteiger partial charge is 0.483 e. The number of morpholine rings is 1. The van der Waals surface area contributed by atoms with E-state index in [1.807, 2.05) is 17.0 Å². The molecule has 5 aliphatic rings. The minimum Gasteiger partial charge on any atom is -0.483 e. The van der Waals surface area contributed by atoms with Crippen molar-refractivity contribution in [3.63, 3.8) is 0 Å². The second-order valence-electron chi connectivity index (χ2n) is 9.17. The Kier molecular flexibility index (Phi) is 5.71. The van der Waals surface area contributed by atoms with Crippen LogP contribution < -0.4 is 10.1 Å². The minimum atomic E-state index is -0.725. The van der Waals surface area contributed by atoms with Gasteiger partial charge in [-0.15, -0.1) is 0 Å². The summed E-state index contributed by atoms with van der Waals surface area (Å²) in [7, 11) is 0. The summed E-state index contributed by atoms with van der Waals surface area (Å²) in [4.78, 5) is 15.2. The third-order valence-electron chi connectivity index (χ3n) is 7.32. The molecule has 1 unspecified atom stereocenters. The molecule has 1 spiro atoms. The van der Waals surface area contributed by atoms with E-state index in [4.69, 9.17) is 14.2 Å². The molecule has 1 saturated carbocycles. The van der Waals surface area contributed by atoms with E-state index in [2.05, 4.69) is 17.4 Å². The third kappa shape index (κ3) is 3.84. The summed E-state index contributed by atoms with van der Waals surface area (Å²) in [6, 6.07) is 7.95. The molecule has 3 fully saturated rings. The molecule has 4 aliphatic heterocycles. The van der Waals surface area contributed by atoms with E-state index in [-0.39, 0.29) is 31.3 Å². The molecule has 1 aromatic carbocycles. The molecule has 1 amide bonds. The van der Waals surface area contributed by atoms with Crippen molar-refractivity contribution in [1.29, 1.82) is 0 Å². The maximum absolute atomic E-state index is 13.3. The van der Waals surface area contributed by atoms with Crippen LogP contribution in [0.3, 0.4) is 0 Å². The summed E-state index contributed by atoms with van der Waals surface area (Å²) in [5.74, 6) is 1.24. The number of aliphatic hydroxyl groups is 1. The second-order valence-corrected chi connectivity index (χ2v) is 9.17. The van der Waals surface area contributed by atoms with Crippen molar-refractivity contribution in [1.82, 2.24) is 10.2 Å². The molecule has 0 radical (unpaired) electrons. The number of aliphatic hydroxyl groups excluding tert-OH is 1. The van der Waals surface area contributed by atoms with Gasteiger partial charge in [0.1, 0.15) is 12.0 Å². The van der Waals surface area contributed by atoms with Crippen molar-refractivity contribution in [3.05, 3.63) is 29.8 Å². The van der Waals surface area contributed by atoms with E-state index in [1.54, 1.807) is 0 Å². The number of ether oxygens (including phenoxy) is 3. The molecule has 4 heterocycles. The van der Waals surface area contributed by atoms with E-state index >= 15 is 0 Å². The number of carbonyl (C=O) groups is 1. The predicted molar refractivity (Wildman–Crippen MR) is 110 cm³/mol. The van der Waals surface area contributed by atoms with Gasteiger partial charge in [0.2, 0.25) is 0 Å². The molecule has 30 heavy (non-hydrogen) atoms.